The third-order valence-electron chi connectivity index (χ3n) is 2.18. The Morgan fingerprint density at radius 1 is 1.47 bits per heavy atom. The number of Topliss-reactive ketones (excluding diaryl/α,β-unsaturated/α-hetero) is 1. The van der Waals surface area contributed by atoms with Crippen molar-refractivity contribution in [3.63, 3.8) is 0 Å². The zero-order valence-electron chi connectivity index (χ0n) is 9.46. The molecule has 0 saturated carbocycles. The van der Waals surface area contributed by atoms with Crippen LogP contribution in [0.4, 0.5) is 13.2 Å². The zero-order chi connectivity index (χ0) is 12.9. The molecule has 0 radical (unpaired) electrons. The highest BCUT2D eigenvalue weighted by Crippen LogP contribution is 2.21. The van der Waals surface area contributed by atoms with E-state index < -0.39 is 12.0 Å². The maximum absolute atomic E-state index is 12.1. The monoisotopic (exact) mass is 249 g/mol. The van der Waals surface area contributed by atoms with Crippen molar-refractivity contribution in [2.75, 3.05) is 13.2 Å². The van der Waals surface area contributed by atoms with E-state index in [1.165, 1.54) is 18.5 Å². The predicted molar refractivity (Wildman–Crippen MR) is 55.9 cm³/mol. The van der Waals surface area contributed by atoms with Crippen LogP contribution in [0.5, 0.6) is 0 Å². The number of hydrogen-bond donors (Lipinski definition) is 0. The third kappa shape index (κ3) is 4.22. The zero-order valence-corrected chi connectivity index (χ0v) is 9.46. The van der Waals surface area contributed by atoms with Crippen molar-refractivity contribution < 1.29 is 22.7 Å². The second-order valence-corrected chi connectivity index (χ2v) is 3.52. The van der Waals surface area contributed by atoms with Crippen molar-refractivity contribution in [3.8, 4) is 0 Å². The van der Waals surface area contributed by atoms with Crippen LogP contribution in [0.2, 0.25) is 0 Å². The molecule has 0 atom stereocenters. The van der Waals surface area contributed by atoms with E-state index in [2.05, 4.69) is 0 Å². The van der Waals surface area contributed by atoms with E-state index in [1.54, 1.807) is 4.57 Å². The molecule has 0 aliphatic heterocycles. The summed E-state index contributed by atoms with van der Waals surface area (Å²) in [6.45, 7) is 3.57. The van der Waals surface area contributed by atoms with Gasteiger partial charge in [-0.25, -0.2) is 0 Å². The molecule has 0 N–H and O–H groups in total. The van der Waals surface area contributed by atoms with Gasteiger partial charge in [0.2, 0.25) is 0 Å². The number of halogens is 3. The first-order valence-corrected chi connectivity index (χ1v) is 5.30. The summed E-state index contributed by atoms with van der Waals surface area (Å²) in [4.78, 5) is 10.9. The highest BCUT2D eigenvalue weighted by Gasteiger charge is 2.39. The van der Waals surface area contributed by atoms with Crippen molar-refractivity contribution >= 4 is 5.78 Å². The summed E-state index contributed by atoms with van der Waals surface area (Å²) in [5, 5.41) is 0. The molecule has 1 aromatic heterocycles. The molecule has 1 heterocycles. The van der Waals surface area contributed by atoms with Gasteiger partial charge in [-0.3, -0.25) is 4.79 Å². The van der Waals surface area contributed by atoms with Crippen LogP contribution in [0.25, 0.3) is 0 Å². The SMILES string of the molecule is CCOCCCn1ccc(C(=O)C(F)(F)F)c1. The van der Waals surface area contributed by atoms with Gasteiger partial charge in [-0.15, -0.1) is 0 Å². The number of ether oxygens (including phenoxy) is 1. The first kappa shape index (κ1) is 13.8. The number of hydrogen-bond acceptors (Lipinski definition) is 2. The standard InChI is InChI=1S/C11H14F3NO2/c1-2-17-7-3-5-15-6-4-9(8-15)10(16)11(12,13)14/h4,6,8H,2-3,5,7H2,1H3. The lowest BCUT2D eigenvalue weighted by Gasteiger charge is -2.04. The molecule has 3 nitrogen and oxygen atoms in total. The van der Waals surface area contributed by atoms with Crippen LogP contribution in [0.1, 0.15) is 23.7 Å². The van der Waals surface area contributed by atoms with Crippen molar-refractivity contribution in [1.82, 2.24) is 4.57 Å². The van der Waals surface area contributed by atoms with Crippen LogP contribution in [0.3, 0.4) is 0 Å². The number of aryl methyl sites for hydroxylation is 1. The topological polar surface area (TPSA) is 31.2 Å². The van der Waals surface area contributed by atoms with E-state index >= 15 is 0 Å². The summed E-state index contributed by atoms with van der Waals surface area (Å²) in [7, 11) is 0. The van der Waals surface area contributed by atoms with Gasteiger partial charge in [-0.2, -0.15) is 13.2 Å². The van der Waals surface area contributed by atoms with E-state index in [0.29, 0.717) is 26.2 Å². The van der Waals surface area contributed by atoms with Crippen LogP contribution in [0, 0.1) is 0 Å². The predicted octanol–water partition coefficient (Wildman–Crippen LogP) is 2.66. The fourth-order valence-corrected chi connectivity index (χ4v) is 1.37. The lowest BCUT2D eigenvalue weighted by Crippen LogP contribution is -2.22. The van der Waals surface area contributed by atoms with Gasteiger partial charge < -0.3 is 9.30 Å². The number of aromatic nitrogens is 1. The Balaban J connectivity index is 2.51. The van der Waals surface area contributed by atoms with Crippen molar-refractivity contribution in [3.05, 3.63) is 24.0 Å². The molecule has 0 bridgehead atoms. The highest BCUT2D eigenvalue weighted by molar-refractivity contribution is 6.00. The van der Waals surface area contributed by atoms with Crippen LogP contribution < -0.4 is 0 Å². The third-order valence-corrected chi connectivity index (χ3v) is 2.18. The van der Waals surface area contributed by atoms with Crippen molar-refractivity contribution in [1.29, 1.82) is 0 Å². The summed E-state index contributed by atoms with van der Waals surface area (Å²) in [6.07, 6.45) is -1.44. The number of carbonyl (C=O) groups excluding carboxylic acids is 1. The average molecular weight is 249 g/mol. The van der Waals surface area contributed by atoms with Gasteiger partial charge in [0.25, 0.3) is 5.78 Å². The van der Waals surface area contributed by atoms with Crippen LogP contribution in [-0.4, -0.2) is 29.7 Å². The van der Waals surface area contributed by atoms with E-state index in [-0.39, 0.29) is 5.56 Å². The summed E-state index contributed by atoms with van der Waals surface area (Å²) in [5.74, 6) is -1.80. The molecule has 0 aromatic carbocycles. The highest BCUT2D eigenvalue weighted by atomic mass is 19.4. The van der Waals surface area contributed by atoms with Gasteiger partial charge in [0, 0.05) is 37.7 Å². The second kappa shape index (κ2) is 5.86. The Morgan fingerprint density at radius 3 is 2.76 bits per heavy atom. The van der Waals surface area contributed by atoms with Gasteiger partial charge in [0.1, 0.15) is 0 Å². The van der Waals surface area contributed by atoms with Crippen LogP contribution >= 0.6 is 0 Å². The molecule has 0 aliphatic rings. The largest absolute Gasteiger partial charge is 0.454 e. The van der Waals surface area contributed by atoms with Gasteiger partial charge in [0.05, 0.1) is 0 Å². The molecule has 1 aromatic rings. The molecule has 0 amide bonds. The Hall–Kier alpha value is -1.30. The lowest BCUT2D eigenvalue weighted by molar-refractivity contribution is -0.0885. The lowest BCUT2D eigenvalue weighted by atomic mass is 10.2. The summed E-state index contributed by atoms with van der Waals surface area (Å²) < 4.78 is 43.0. The minimum Gasteiger partial charge on any atom is -0.382 e. The summed E-state index contributed by atoms with van der Waals surface area (Å²) in [6, 6.07) is 1.18. The Labute approximate surface area is 97.2 Å². The van der Waals surface area contributed by atoms with Crippen molar-refractivity contribution in [2.45, 2.75) is 26.1 Å². The first-order valence-electron chi connectivity index (χ1n) is 5.30. The Kier molecular flexibility index (Phi) is 4.74. The normalized spacial score (nSPS) is 11.8. The molecule has 0 unspecified atom stereocenters. The fraction of sp³-hybridized carbons (Fsp3) is 0.545. The first-order chi connectivity index (χ1) is 7.95. The average Bonchev–Trinajstić information content (AvgIpc) is 2.70. The molecule has 17 heavy (non-hydrogen) atoms. The van der Waals surface area contributed by atoms with Crippen LogP contribution in [0.15, 0.2) is 18.5 Å². The van der Waals surface area contributed by atoms with E-state index in [1.807, 2.05) is 6.92 Å². The molecule has 1 rings (SSSR count). The summed E-state index contributed by atoms with van der Waals surface area (Å²) in [5.41, 5.74) is -0.325. The molecule has 0 saturated heterocycles. The molecule has 0 fully saturated rings. The molecule has 6 heteroatoms. The minimum atomic E-state index is -4.81. The second-order valence-electron chi connectivity index (χ2n) is 3.52. The van der Waals surface area contributed by atoms with Gasteiger partial charge >= 0.3 is 6.18 Å². The molecule has 96 valence electrons. The van der Waals surface area contributed by atoms with E-state index in [0.717, 1.165) is 0 Å². The number of nitrogens with zero attached hydrogens (tertiary/aromatic N) is 1. The maximum atomic E-state index is 12.1. The van der Waals surface area contributed by atoms with Crippen molar-refractivity contribution in [2.24, 2.45) is 0 Å². The van der Waals surface area contributed by atoms with Crippen LogP contribution in [-0.2, 0) is 11.3 Å². The Morgan fingerprint density at radius 2 is 2.18 bits per heavy atom. The van der Waals surface area contributed by atoms with E-state index in [4.69, 9.17) is 4.74 Å². The summed E-state index contributed by atoms with van der Waals surface area (Å²) >= 11 is 0. The minimum absolute atomic E-state index is 0.325. The van der Waals surface area contributed by atoms with Gasteiger partial charge in [-0.05, 0) is 19.4 Å². The quantitative estimate of drug-likeness (QED) is 0.573. The molecular formula is C11H14F3NO2. The Bertz CT molecular complexity index is 371. The van der Waals surface area contributed by atoms with Gasteiger partial charge in [-0.1, -0.05) is 0 Å². The number of ketones is 1. The molecule has 0 aliphatic carbocycles. The van der Waals surface area contributed by atoms with Gasteiger partial charge in [0.15, 0.2) is 0 Å². The number of carbonyl (C=O) groups is 1. The number of rotatable bonds is 6. The van der Waals surface area contributed by atoms with E-state index in [9.17, 15) is 18.0 Å². The maximum Gasteiger partial charge on any atom is 0.454 e. The molecular weight excluding hydrogens is 235 g/mol. The molecule has 0 spiro atoms. The smallest absolute Gasteiger partial charge is 0.382 e. The number of alkyl halides is 3. The fourth-order valence-electron chi connectivity index (χ4n) is 1.37.